The maximum Gasteiger partial charge on any atom is 0.216 e. The molecule has 0 N–H and O–H groups in total. The van der Waals surface area contributed by atoms with Crippen LogP contribution in [0.25, 0.3) is 0 Å². The molecule has 3 rings (SSSR count). The zero-order valence-electron chi connectivity index (χ0n) is 17.8. The van der Waals surface area contributed by atoms with Crippen LogP contribution in [0.15, 0.2) is 24.3 Å². The van der Waals surface area contributed by atoms with Crippen LogP contribution in [-0.2, 0) is 24.0 Å². The molecule has 5 nitrogen and oxygen atoms in total. The van der Waals surface area contributed by atoms with E-state index in [1.165, 1.54) is 0 Å². The average Bonchev–Trinajstić information content (AvgIpc) is 3.03. The van der Waals surface area contributed by atoms with Crippen molar-refractivity contribution in [1.29, 1.82) is 0 Å². The normalized spacial score (nSPS) is 18.0. The topological polar surface area (TPSA) is 51.7 Å². The van der Waals surface area contributed by atoms with Crippen LogP contribution in [0, 0.1) is 6.92 Å². The molecule has 0 bridgehead atoms. The number of hydrogen-bond donors (Lipinski definition) is 0. The van der Waals surface area contributed by atoms with Gasteiger partial charge in [0.05, 0.1) is 37.2 Å². The summed E-state index contributed by atoms with van der Waals surface area (Å²) in [6.07, 6.45) is 0.829. The van der Waals surface area contributed by atoms with Gasteiger partial charge in [0.25, 0.3) is 0 Å². The van der Waals surface area contributed by atoms with Gasteiger partial charge in [0.15, 0.2) is 0 Å². The third-order valence-electron chi connectivity index (χ3n) is 5.21. The van der Waals surface area contributed by atoms with Gasteiger partial charge >= 0.3 is 0 Å². The molecule has 1 unspecified atom stereocenters. The lowest BCUT2D eigenvalue weighted by Gasteiger charge is -2.31. The van der Waals surface area contributed by atoms with Crippen molar-refractivity contribution >= 4 is 11.0 Å². The molecule has 152 valence electrons. The van der Waals surface area contributed by atoms with Gasteiger partial charge in [0, 0.05) is 5.56 Å². The van der Waals surface area contributed by atoms with E-state index in [1.807, 2.05) is 32.9 Å². The largest absolute Gasteiger partial charge is 0.496 e. The van der Waals surface area contributed by atoms with Crippen LogP contribution in [0.5, 0.6) is 11.6 Å². The van der Waals surface area contributed by atoms with Crippen molar-refractivity contribution in [3.8, 4) is 11.6 Å². The first kappa shape index (κ1) is 20.8. The Morgan fingerprint density at radius 1 is 1.21 bits per heavy atom. The Morgan fingerprint density at radius 3 is 2.50 bits per heavy atom. The van der Waals surface area contributed by atoms with E-state index in [1.54, 1.807) is 14.2 Å². The van der Waals surface area contributed by atoms with Crippen molar-refractivity contribution in [2.24, 2.45) is 0 Å². The standard InChI is InChI=1S/C22H30N2O3S/c1-8-15-12-17-18(23-21(15)27-7)13-24(28(25)22(3,4)5)20(17)16-10-9-11-19(26-6)14(16)2/h9-12,20H,8,13H2,1-7H3/t20-,28?/m1/s1. The fraction of sp³-hybridized carbons (Fsp3) is 0.500. The van der Waals surface area contributed by atoms with Crippen molar-refractivity contribution in [3.63, 3.8) is 0 Å². The van der Waals surface area contributed by atoms with E-state index >= 15 is 0 Å². The van der Waals surface area contributed by atoms with Crippen molar-refractivity contribution in [2.75, 3.05) is 14.2 Å². The predicted molar refractivity (Wildman–Crippen MR) is 113 cm³/mol. The van der Waals surface area contributed by atoms with Gasteiger partial charge in [-0.05, 0) is 62.9 Å². The zero-order chi connectivity index (χ0) is 20.6. The van der Waals surface area contributed by atoms with Crippen LogP contribution in [0.2, 0.25) is 0 Å². The summed E-state index contributed by atoms with van der Waals surface area (Å²) in [5.41, 5.74) is 5.26. The Hall–Kier alpha value is -1.92. The summed E-state index contributed by atoms with van der Waals surface area (Å²) in [5.74, 6) is 1.50. The second-order valence-corrected chi connectivity index (χ2v) is 10.3. The Bertz CT molecular complexity index is 905. The molecule has 0 radical (unpaired) electrons. The quantitative estimate of drug-likeness (QED) is 0.747. The second-order valence-electron chi connectivity index (χ2n) is 8.06. The molecule has 28 heavy (non-hydrogen) atoms. The summed E-state index contributed by atoms with van der Waals surface area (Å²) in [6.45, 7) is 10.7. The average molecular weight is 403 g/mol. The molecule has 0 amide bonds. The first-order valence-electron chi connectivity index (χ1n) is 9.61. The molecule has 1 aliphatic rings. The molecule has 0 spiro atoms. The molecule has 0 fully saturated rings. The minimum absolute atomic E-state index is 0.131. The number of methoxy groups -OCH3 is 2. The molecule has 1 aliphatic heterocycles. The molecule has 6 heteroatoms. The number of fused-ring (bicyclic) bond motifs is 1. The van der Waals surface area contributed by atoms with Crippen LogP contribution in [0.4, 0.5) is 0 Å². The van der Waals surface area contributed by atoms with E-state index < -0.39 is 11.0 Å². The Kier molecular flexibility index (Phi) is 5.82. The van der Waals surface area contributed by atoms with E-state index in [2.05, 4.69) is 30.3 Å². The van der Waals surface area contributed by atoms with Crippen molar-refractivity contribution in [2.45, 2.75) is 58.4 Å². The number of rotatable bonds is 5. The summed E-state index contributed by atoms with van der Waals surface area (Å²) in [4.78, 5) is 4.78. The number of benzene rings is 1. The van der Waals surface area contributed by atoms with Crippen LogP contribution in [0.1, 0.15) is 61.7 Å². The number of aromatic nitrogens is 1. The number of hydrogen-bond acceptors (Lipinski definition) is 4. The lowest BCUT2D eigenvalue weighted by Crippen LogP contribution is -2.37. The van der Waals surface area contributed by atoms with E-state index in [9.17, 15) is 4.21 Å². The fourth-order valence-corrected chi connectivity index (χ4v) is 5.12. The highest BCUT2D eigenvalue weighted by Crippen LogP contribution is 2.44. The minimum Gasteiger partial charge on any atom is -0.496 e. The number of pyridine rings is 1. The summed E-state index contributed by atoms with van der Waals surface area (Å²) >= 11 is 0. The highest BCUT2D eigenvalue weighted by Gasteiger charge is 2.41. The molecular weight excluding hydrogens is 372 g/mol. The van der Waals surface area contributed by atoms with Gasteiger partial charge in [-0.25, -0.2) is 13.5 Å². The second kappa shape index (κ2) is 7.84. The van der Waals surface area contributed by atoms with Crippen LogP contribution < -0.4 is 9.47 Å². The zero-order valence-corrected chi connectivity index (χ0v) is 18.6. The van der Waals surface area contributed by atoms with Crippen molar-refractivity contribution in [1.82, 2.24) is 9.29 Å². The number of nitrogens with zero attached hydrogens (tertiary/aromatic N) is 2. The van der Waals surface area contributed by atoms with Crippen LogP contribution in [0.3, 0.4) is 0 Å². The molecule has 0 saturated carbocycles. The molecule has 2 atom stereocenters. The lowest BCUT2D eigenvalue weighted by molar-refractivity contribution is 0.386. The van der Waals surface area contributed by atoms with Crippen molar-refractivity contribution in [3.05, 3.63) is 52.2 Å². The number of aryl methyl sites for hydroxylation is 1. The highest BCUT2D eigenvalue weighted by molar-refractivity contribution is 7.84. The van der Waals surface area contributed by atoms with Crippen LogP contribution >= 0.6 is 0 Å². The van der Waals surface area contributed by atoms with E-state index in [0.29, 0.717) is 12.4 Å². The minimum atomic E-state index is -1.19. The van der Waals surface area contributed by atoms with Crippen LogP contribution in [-0.4, -0.2) is 32.5 Å². The molecule has 1 aromatic carbocycles. The SMILES string of the molecule is CCc1cc2c(nc1OC)CN(S(=O)C(C)(C)C)[C@@H]2c1cccc(OC)c1C. The van der Waals surface area contributed by atoms with Crippen molar-refractivity contribution < 1.29 is 13.7 Å². The number of ether oxygens (including phenoxy) is 2. The third-order valence-corrected chi connectivity index (χ3v) is 7.03. The fourth-order valence-electron chi connectivity index (χ4n) is 3.76. The molecular formula is C22H30N2O3S. The first-order chi connectivity index (χ1) is 13.2. The Labute approximate surface area is 170 Å². The summed E-state index contributed by atoms with van der Waals surface area (Å²) in [5, 5.41) is 0. The molecule has 1 aromatic heterocycles. The third kappa shape index (κ3) is 3.55. The smallest absolute Gasteiger partial charge is 0.216 e. The maximum atomic E-state index is 13.4. The molecule has 2 heterocycles. The monoisotopic (exact) mass is 402 g/mol. The summed E-state index contributed by atoms with van der Waals surface area (Å²) < 4.78 is 26.2. The van der Waals surface area contributed by atoms with E-state index in [4.69, 9.17) is 14.5 Å². The Balaban J connectivity index is 2.22. The predicted octanol–water partition coefficient (Wildman–Crippen LogP) is 4.34. The summed E-state index contributed by atoms with van der Waals surface area (Å²) in [6, 6.07) is 8.09. The Morgan fingerprint density at radius 2 is 1.93 bits per heavy atom. The van der Waals surface area contributed by atoms with Gasteiger partial charge in [-0.15, -0.1) is 0 Å². The van der Waals surface area contributed by atoms with Gasteiger partial charge in [-0.2, -0.15) is 0 Å². The van der Waals surface area contributed by atoms with Gasteiger partial charge < -0.3 is 9.47 Å². The highest BCUT2D eigenvalue weighted by atomic mass is 32.2. The van der Waals surface area contributed by atoms with E-state index in [-0.39, 0.29) is 10.8 Å². The molecule has 2 aromatic rings. The van der Waals surface area contributed by atoms with Gasteiger partial charge in [-0.1, -0.05) is 19.1 Å². The van der Waals surface area contributed by atoms with Gasteiger partial charge in [-0.3, -0.25) is 0 Å². The van der Waals surface area contributed by atoms with Gasteiger partial charge in [0.2, 0.25) is 5.88 Å². The van der Waals surface area contributed by atoms with E-state index in [0.717, 1.165) is 40.1 Å². The summed E-state index contributed by atoms with van der Waals surface area (Å²) in [7, 11) is 2.14. The molecule has 0 aliphatic carbocycles. The maximum absolute atomic E-state index is 13.4. The first-order valence-corrected chi connectivity index (χ1v) is 10.7. The van der Waals surface area contributed by atoms with Gasteiger partial charge in [0.1, 0.15) is 16.7 Å². The lowest BCUT2D eigenvalue weighted by atomic mass is 9.95. The molecule has 0 saturated heterocycles.